The zero-order valence-electron chi connectivity index (χ0n) is 14.3. The minimum absolute atomic E-state index is 0.00304. The van der Waals surface area contributed by atoms with Gasteiger partial charge in [-0.1, -0.05) is 12.1 Å². The molecule has 0 spiro atoms. The van der Waals surface area contributed by atoms with E-state index in [4.69, 9.17) is 14.2 Å². The Kier molecular flexibility index (Phi) is 5.32. The van der Waals surface area contributed by atoms with Gasteiger partial charge in [-0.3, -0.25) is 10.1 Å². The fourth-order valence-electron chi connectivity index (χ4n) is 2.66. The minimum Gasteiger partial charge on any atom is -0.467 e. The van der Waals surface area contributed by atoms with Gasteiger partial charge < -0.3 is 18.9 Å². The van der Waals surface area contributed by atoms with Crippen LogP contribution in [0.25, 0.3) is 0 Å². The number of carbonyl (C=O) groups excluding carboxylic acids is 2. The number of benzene rings is 2. The van der Waals surface area contributed by atoms with Crippen LogP contribution in [0, 0.1) is 10.1 Å². The van der Waals surface area contributed by atoms with Gasteiger partial charge in [0, 0.05) is 23.3 Å². The van der Waals surface area contributed by atoms with Gasteiger partial charge in [0.25, 0.3) is 5.69 Å². The van der Waals surface area contributed by atoms with Crippen LogP contribution in [0.4, 0.5) is 5.69 Å². The second kappa shape index (κ2) is 7.83. The molecule has 1 heterocycles. The Morgan fingerprint density at radius 2 is 1.89 bits per heavy atom. The van der Waals surface area contributed by atoms with Crippen molar-refractivity contribution in [2.24, 2.45) is 0 Å². The first-order valence-electron chi connectivity index (χ1n) is 7.86. The molecule has 3 rings (SSSR count). The molecule has 0 N–H and O–H groups in total. The van der Waals surface area contributed by atoms with Crippen molar-refractivity contribution in [3.8, 4) is 5.75 Å². The Balaban J connectivity index is 1.85. The van der Waals surface area contributed by atoms with Crippen LogP contribution in [0.3, 0.4) is 0 Å². The summed E-state index contributed by atoms with van der Waals surface area (Å²) < 4.78 is 20.4. The fourth-order valence-corrected chi connectivity index (χ4v) is 2.66. The third-order valence-corrected chi connectivity index (χ3v) is 3.89. The molecule has 0 amide bonds. The van der Waals surface area contributed by atoms with E-state index in [1.54, 1.807) is 12.1 Å². The summed E-state index contributed by atoms with van der Waals surface area (Å²) in [6, 6.07) is 8.68. The quantitative estimate of drug-likeness (QED) is 0.446. The van der Waals surface area contributed by atoms with Gasteiger partial charge >= 0.3 is 11.9 Å². The number of nitro groups is 1. The Morgan fingerprint density at radius 3 is 2.56 bits per heavy atom. The predicted octanol–water partition coefficient (Wildman–Crippen LogP) is 2.60. The first kappa shape index (κ1) is 18.3. The van der Waals surface area contributed by atoms with Crippen molar-refractivity contribution in [1.29, 1.82) is 0 Å². The normalized spacial score (nSPS) is 12.5. The SMILES string of the molecule is COC(=O)c1ccccc1C(=O)OCc1cc([N+](=O)[O-])cc2c1OCOC2. The lowest BCUT2D eigenvalue weighted by Crippen LogP contribution is -2.16. The number of esters is 2. The number of nitro benzene ring substituents is 1. The molecular weight excluding hydrogens is 358 g/mol. The summed E-state index contributed by atoms with van der Waals surface area (Å²) in [7, 11) is 1.21. The maximum absolute atomic E-state index is 12.4. The molecule has 2 aromatic rings. The second-order valence-corrected chi connectivity index (χ2v) is 5.57. The maximum atomic E-state index is 12.4. The van der Waals surface area contributed by atoms with E-state index in [0.717, 1.165) is 0 Å². The lowest BCUT2D eigenvalue weighted by molar-refractivity contribution is -0.385. The summed E-state index contributed by atoms with van der Waals surface area (Å²) >= 11 is 0. The van der Waals surface area contributed by atoms with Crippen molar-refractivity contribution in [3.63, 3.8) is 0 Å². The van der Waals surface area contributed by atoms with Crippen molar-refractivity contribution in [2.75, 3.05) is 13.9 Å². The Morgan fingerprint density at radius 1 is 1.19 bits per heavy atom. The summed E-state index contributed by atoms with van der Waals surface area (Å²) in [6.07, 6.45) is 0. The third kappa shape index (κ3) is 3.87. The van der Waals surface area contributed by atoms with E-state index in [-0.39, 0.29) is 36.8 Å². The first-order chi connectivity index (χ1) is 13.0. The van der Waals surface area contributed by atoms with E-state index >= 15 is 0 Å². The van der Waals surface area contributed by atoms with Crippen molar-refractivity contribution in [3.05, 3.63) is 68.8 Å². The van der Waals surface area contributed by atoms with Crippen LogP contribution >= 0.6 is 0 Å². The smallest absolute Gasteiger partial charge is 0.339 e. The molecule has 0 saturated heterocycles. The number of ether oxygens (including phenoxy) is 4. The summed E-state index contributed by atoms with van der Waals surface area (Å²) in [5.41, 5.74) is 0.773. The molecule has 9 heteroatoms. The van der Waals surface area contributed by atoms with Crippen molar-refractivity contribution in [1.82, 2.24) is 0 Å². The largest absolute Gasteiger partial charge is 0.467 e. The van der Waals surface area contributed by atoms with Crippen LogP contribution in [-0.4, -0.2) is 30.8 Å². The minimum atomic E-state index is -0.761. The van der Waals surface area contributed by atoms with E-state index in [2.05, 4.69) is 4.74 Å². The van der Waals surface area contributed by atoms with Gasteiger partial charge in [0.15, 0.2) is 6.79 Å². The number of non-ortho nitro benzene ring substituents is 1. The zero-order valence-corrected chi connectivity index (χ0v) is 14.3. The summed E-state index contributed by atoms with van der Waals surface area (Å²) in [4.78, 5) is 34.8. The highest BCUT2D eigenvalue weighted by Gasteiger charge is 2.23. The number of fused-ring (bicyclic) bond motifs is 1. The van der Waals surface area contributed by atoms with Crippen LogP contribution in [-0.2, 0) is 27.4 Å². The predicted molar refractivity (Wildman–Crippen MR) is 90.3 cm³/mol. The monoisotopic (exact) mass is 373 g/mol. The lowest BCUT2D eigenvalue weighted by atomic mass is 10.1. The molecular formula is C18H15NO8. The molecule has 0 radical (unpaired) electrons. The van der Waals surface area contributed by atoms with E-state index in [0.29, 0.717) is 16.9 Å². The van der Waals surface area contributed by atoms with Crippen LogP contribution in [0.1, 0.15) is 31.8 Å². The molecule has 0 atom stereocenters. The van der Waals surface area contributed by atoms with E-state index in [9.17, 15) is 19.7 Å². The molecule has 0 fully saturated rings. The topological polar surface area (TPSA) is 114 Å². The lowest BCUT2D eigenvalue weighted by Gasteiger charge is -2.20. The summed E-state index contributed by atoms with van der Waals surface area (Å²) in [5.74, 6) is -1.04. The van der Waals surface area contributed by atoms with Crippen LogP contribution in [0.5, 0.6) is 5.75 Å². The summed E-state index contributed by atoms with van der Waals surface area (Å²) in [6.45, 7) is -0.113. The van der Waals surface area contributed by atoms with E-state index in [1.807, 2.05) is 0 Å². The molecule has 27 heavy (non-hydrogen) atoms. The van der Waals surface area contributed by atoms with E-state index in [1.165, 1.54) is 31.4 Å². The van der Waals surface area contributed by atoms with Gasteiger partial charge in [-0.2, -0.15) is 0 Å². The van der Waals surface area contributed by atoms with Gasteiger partial charge in [0.05, 0.1) is 29.8 Å². The number of hydrogen-bond acceptors (Lipinski definition) is 8. The van der Waals surface area contributed by atoms with Gasteiger partial charge in [0.2, 0.25) is 0 Å². The highest BCUT2D eigenvalue weighted by Crippen LogP contribution is 2.33. The highest BCUT2D eigenvalue weighted by atomic mass is 16.7. The number of nitrogens with zero attached hydrogens (tertiary/aromatic N) is 1. The molecule has 2 aromatic carbocycles. The third-order valence-electron chi connectivity index (χ3n) is 3.89. The summed E-state index contributed by atoms with van der Waals surface area (Å²) in [5, 5.41) is 11.1. The van der Waals surface area contributed by atoms with Crippen molar-refractivity contribution in [2.45, 2.75) is 13.2 Å². The molecule has 140 valence electrons. The van der Waals surface area contributed by atoms with Gasteiger partial charge in [-0.25, -0.2) is 9.59 Å². The average molecular weight is 373 g/mol. The van der Waals surface area contributed by atoms with E-state index < -0.39 is 16.9 Å². The second-order valence-electron chi connectivity index (χ2n) is 5.57. The van der Waals surface area contributed by atoms with Crippen molar-refractivity contribution < 1.29 is 33.5 Å². The standard InChI is InChI=1S/C18H15NO8/c1-24-17(20)14-4-2-3-5-15(14)18(21)26-9-12-7-13(19(22)23)6-11-8-25-10-27-16(11)12/h2-7H,8-10H2,1H3. The molecule has 9 nitrogen and oxygen atoms in total. The number of hydrogen-bond donors (Lipinski definition) is 0. The van der Waals surface area contributed by atoms with Gasteiger partial charge in [-0.15, -0.1) is 0 Å². The van der Waals surface area contributed by atoms with Gasteiger partial charge in [-0.05, 0) is 12.1 Å². The number of carbonyl (C=O) groups is 2. The Labute approximate surface area is 153 Å². The first-order valence-corrected chi connectivity index (χ1v) is 7.86. The molecule has 1 aliphatic rings. The molecule has 1 aliphatic heterocycles. The number of rotatable bonds is 5. The molecule has 0 saturated carbocycles. The molecule has 0 aliphatic carbocycles. The van der Waals surface area contributed by atoms with Crippen LogP contribution in [0.2, 0.25) is 0 Å². The van der Waals surface area contributed by atoms with Crippen LogP contribution in [0.15, 0.2) is 36.4 Å². The van der Waals surface area contributed by atoms with Gasteiger partial charge in [0.1, 0.15) is 12.4 Å². The zero-order chi connectivity index (χ0) is 19.4. The van der Waals surface area contributed by atoms with Crippen LogP contribution < -0.4 is 4.74 Å². The Bertz CT molecular complexity index is 908. The highest BCUT2D eigenvalue weighted by molar-refractivity contribution is 6.03. The maximum Gasteiger partial charge on any atom is 0.339 e. The molecule has 0 bridgehead atoms. The number of methoxy groups -OCH3 is 1. The van der Waals surface area contributed by atoms with Crippen molar-refractivity contribution >= 4 is 17.6 Å². The molecule has 0 unspecified atom stereocenters. The average Bonchev–Trinajstić information content (AvgIpc) is 2.70. The molecule has 0 aromatic heterocycles. The Hall–Kier alpha value is -3.46. The fraction of sp³-hybridized carbons (Fsp3) is 0.222.